The minimum atomic E-state index is -0.892. The molecule has 0 aromatic heterocycles. The number of hydrogen-bond acceptors (Lipinski definition) is 3. The highest BCUT2D eigenvalue weighted by atomic mass is 16.5. The van der Waals surface area contributed by atoms with Gasteiger partial charge in [-0.2, -0.15) is 0 Å². The van der Waals surface area contributed by atoms with Gasteiger partial charge in [-0.25, -0.2) is 4.79 Å². The van der Waals surface area contributed by atoms with E-state index < -0.39 is 5.97 Å². The van der Waals surface area contributed by atoms with Crippen molar-refractivity contribution in [1.29, 1.82) is 0 Å². The topological polar surface area (TPSA) is 58.6 Å². The fourth-order valence-corrected chi connectivity index (χ4v) is 5.24. The van der Waals surface area contributed by atoms with Crippen molar-refractivity contribution in [2.75, 3.05) is 0 Å². The number of nitrogens with one attached hydrogen (secondary N) is 1. The minimum Gasteiger partial charge on any atom is -0.490 e. The number of carbonyl (C=O) groups is 1. The first-order valence-corrected chi connectivity index (χ1v) is 11.8. The summed E-state index contributed by atoms with van der Waals surface area (Å²) >= 11 is 0. The van der Waals surface area contributed by atoms with E-state index in [9.17, 15) is 9.90 Å². The van der Waals surface area contributed by atoms with Crippen molar-refractivity contribution in [3.63, 3.8) is 0 Å². The standard InChI is InChI=1S/C30H29NO3/c1-19-17-27(25-13-5-6-14-26(25)30(32)33)29-22(11-8-16-28(29)34-19)18-31-20(2)23-15-7-10-21-9-3-4-12-24(21)23/h3-16,19-20,27,31H,17-18H2,1-2H3,(H,32,33)/t19?,20-,27?/m1/s1. The third-order valence-corrected chi connectivity index (χ3v) is 6.86. The summed E-state index contributed by atoms with van der Waals surface area (Å²) in [6.07, 6.45) is 0.755. The molecule has 0 fully saturated rings. The van der Waals surface area contributed by atoms with Gasteiger partial charge in [-0.05, 0) is 59.9 Å². The van der Waals surface area contributed by atoms with Crippen LogP contribution in [0.5, 0.6) is 5.75 Å². The summed E-state index contributed by atoms with van der Waals surface area (Å²) in [6, 6.07) is 28.5. The van der Waals surface area contributed by atoms with E-state index in [1.165, 1.54) is 16.3 Å². The van der Waals surface area contributed by atoms with Crippen molar-refractivity contribution < 1.29 is 14.6 Å². The number of benzene rings is 4. The Balaban J connectivity index is 1.49. The molecule has 34 heavy (non-hydrogen) atoms. The van der Waals surface area contributed by atoms with E-state index in [1.54, 1.807) is 12.1 Å². The average Bonchev–Trinajstić information content (AvgIpc) is 2.86. The van der Waals surface area contributed by atoms with Gasteiger partial charge in [0.2, 0.25) is 0 Å². The number of carboxylic acid groups (broad SMARTS) is 1. The summed E-state index contributed by atoms with van der Waals surface area (Å²) in [6.45, 7) is 4.90. The van der Waals surface area contributed by atoms with Crippen LogP contribution in [-0.4, -0.2) is 17.2 Å². The fraction of sp³-hybridized carbons (Fsp3) is 0.233. The second-order valence-electron chi connectivity index (χ2n) is 9.11. The number of ether oxygens (including phenoxy) is 1. The van der Waals surface area contributed by atoms with Crippen LogP contribution in [0, 0.1) is 0 Å². The first kappa shape index (κ1) is 22.2. The molecule has 4 nitrogen and oxygen atoms in total. The highest BCUT2D eigenvalue weighted by Crippen LogP contribution is 2.43. The molecule has 4 heteroatoms. The Morgan fingerprint density at radius 3 is 2.59 bits per heavy atom. The van der Waals surface area contributed by atoms with Gasteiger partial charge >= 0.3 is 5.97 Å². The zero-order chi connectivity index (χ0) is 23.7. The molecule has 0 amide bonds. The van der Waals surface area contributed by atoms with Crippen LogP contribution in [0.4, 0.5) is 0 Å². The van der Waals surface area contributed by atoms with Crippen LogP contribution in [0.1, 0.15) is 64.8 Å². The van der Waals surface area contributed by atoms with Crippen molar-refractivity contribution in [2.45, 2.75) is 44.9 Å². The van der Waals surface area contributed by atoms with Gasteiger partial charge in [0.25, 0.3) is 0 Å². The van der Waals surface area contributed by atoms with Gasteiger partial charge in [0.15, 0.2) is 0 Å². The Kier molecular flexibility index (Phi) is 6.08. The minimum absolute atomic E-state index is 0.0113. The normalized spacial score (nSPS) is 18.2. The van der Waals surface area contributed by atoms with Gasteiger partial charge < -0.3 is 15.2 Å². The van der Waals surface area contributed by atoms with Crippen molar-refractivity contribution in [1.82, 2.24) is 5.32 Å². The lowest BCUT2D eigenvalue weighted by molar-refractivity contribution is 0.0694. The summed E-state index contributed by atoms with van der Waals surface area (Å²) in [5.41, 5.74) is 4.70. The molecule has 0 radical (unpaired) electrons. The van der Waals surface area contributed by atoms with E-state index in [-0.39, 0.29) is 18.1 Å². The van der Waals surface area contributed by atoms with Crippen molar-refractivity contribution in [2.24, 2.45) is 0 Å². The van der Waals surface area contributed by atoms with Gasteiger partial charge in [-0.1, -0.05) is 72.8 Å². The molecule has 2 N–H and O–H groups in total. The highest BCUT2D eigenvalue weighted by Gasteiger charge is 2.31. The van der Waals surface area contributed by atoms with Gasteiger partial charge in [-0.3, -0.25) is 0 Å². The largest absolute Gasteiger partial charge is 0.490 e. The molecule has 0 saturated heterocycles. The summed E-state index contributed by atoms with van der Waals surface area (Å²) in [7, 11) is 0. The van der Waals surface area contributed by atoms with E-state index in [4.69, 9.17) is 4.74 Å². The van der Waals surface area contributed by atoms with E-state index in [0.717, 1.165) is 28.9 Å². The molecule has 1 aliphatic heterocycles. The van der Waals surface area contributed by atoms with Crippen LogP contribution in [0.15, 0.2) is 84.9 Å². The molecule has 0 bridgehead atoms. The monoisotopic (exact) mass is 451 g/mol. The molecule has 0 spiro atoms. The maximum absolute atomic E-state index is 12.0. The smallest absolute Gasteiger partial charge is 0.335 e. The van der Waals surface area contributed by atoms with E-state index in [0.29, 0.717) is 12.1 Å². The Bertz CT molecular complexity index is 1340. The molecule has 1 aliphatic rings. The van der Waals surface area contributed by atoms with Crippen molar-refractivity contribution in [3.05, 3.63) is 113 Å². The quantitative estimate of drug-likeness (QED) is 0.343. The Hall–Kier alpha value is -3.63. The predicted octanol–water partition coefficient (Wildman–Crippen LogP) is 6.69. The molecular formula is C30H29NO3. The molecule has 5 rings (SSSR count). The molecule has 4 aromatic rings. The molecule has 172 valence electrons. The van der Waals surface area contributed by atoms with Crippen LogP contribution < -0.4 is 10.1 Å². The first-order valence-electron chi connectivity index (χ1n) is 11.8. The summed E-state index contributed by atoms with van der Waals surface area (Å²) < 4.78 is 6.20. The Labute approximate surface area is 200 Å². The van der Waals surface area contributed by atoms with E-state index in [2.05, 4.69) is 60.8 Å². The third kappa shape index (κ3) is 4.17. The number of carboxylic acids is 1. The van der Waals surface area contributed by atoms with Crippen LogP contribution in [-0.2, 0) is 6.54 Å². The van der Waals surface area contributed by atoms with E-state index in [1.807, 2.05) is 31.2 Å². The molecule has 2 unspecified atom stereocenters. The van der Waals surface area contributed by atoms with E-state index >= 15 is 0 Å². The number of aromatic carboxylic acids is 1. The molecule has 1 heterocycles. The van der Waals surface area contributed by atoms with Crippen LogP contribution in [0.25, 0.3) is 10.8 Å². The molecule has 0 saturated carbocycles. The molecule has 3 atom stereocenters. The molecule has 4 aromatic carbocycles. The van der Waals surface area contributed by atoms with Crippen molar-refractivity contribution >= 4 is 16.7 Å². The summed E-state index contributed by atoms with van der Waals surface area (Å²) in [5.74, 6) is -0.0746. The lowest BCUT2D eigenvalue weighted by Crippen LogP contribution is -2.27. The lowest BCUT2D eigenvalue weighted by atomic mass is 9.80. The highest BCUT2D eigenvalue weighted by molar-refractivity contribution is 5.90. The van der Waals surface area contributed by atoms with Gasteiger partial charge in [0.05, 0.1) is 11.7 Å². The van der Waals surface area contributed by atoms with Gasteiger partial charge in [-0.15, -0.1) is 0 Å². The maximum atomic E-state index is 12.0. The zero-order valence-electron chi connectivity index (χ0n) is 19.5. The molecule has 0 aliphatic carbocycles. The lowest BCUT2D eigenvalue weighted by Gasteiger charge is -2.33. The van der Waals surface area contributed by atoms with Crippen LogP contribution in [0.3, 0.4) is 0 Å². The summed E-state index contributed by atoms with van der Waals surface area (Å²) in [5, 5.41) is 16.0. The third-order valence-electron chi connectivity index (χ3n) is 6.86. The van der Waals surface area contributed by atoms with Gasteiger partial charge in [0, 0.05) is 24.1 Å². The zero-order valence-corrected chi connectivity index (χ0v) is 19.5. The van der Waals surface area contributed by atoms with Crippen molar-refractivity contribution in [3.8, 4) is 5.75 Å². The number of hydrogen-bond donors (Lipinski definition) is 2. The van der Waals surface area contributed by atoms with Crippen LogP contribution in [0.2, 0.25) is 0 Å². The fourth-order valence-electron chi connectivity index (χ4n) is 5.24. The maximum Gasteiger partial charge on any atom is 0.335 e. The average molecular weight is 452 g/mol. The SMILES string of the molecule is CC1CC(c2ccccc2C(=O)O)c2c(CN[C@H](C)c3cccc4ccccc34)cccc2O1. The predicted molar refractivity (Wildman–Crippen MR) is 136 cm³/mol. The second-order valence-corrected chi connectivity index (χ2v) is 9.11. The van der Waals surface area contributed by atoms with Gasteiger partial charge in [0.1, 0.15) is 5.75 Å². The number of fused-ring (bicyclic) bond motifs is 2. The number of rotatable bonds is 6. The van der Waals surface area contributed by atoms with Crippen LogP contribution >= 0.6 is 0 Å². The second kappa shape index (κ2) is 9.32. The first-order chi connectivity index (χ1) is 16.5. The molecular weight excluding hydrogens is 422 g/mol. The summed E-state index contributed by atoms with van der Waals surface area (Å²) in [4.78, 5) is 12.0. The Morgan fingerprint density at radius 1 is 1.00 bits per heavy atom. The Morgan fingerprint density at radius 2 is 1.74 bits per heavy atom.